The van der Waals surface area contributed by atoms with E-state index in [1.807, 2.05) is 0 Å². The van der Waals surface area contributed by atoms with E-state index < -0.39 is 0 Å². The van der Waals surface area contributed by atoms with E-state index in [0.29, 0.717) is 18.8 Å². The van der Waals surface area contributed by atoms with Crippen molar-refractivity contribution in [3.05, 3.63) is 11.9 Å². The molecular weight excluding hydrogens is 260 g/mol. The lowest BCUT2D eigenvalue weighted by molar-refractivity contribution is -0.143. The van der Waals surface area contributed by atoms with Crippen molar-refractivity contribution < 1.29 is 14.3 Å². The number of methoxy groups -OCH3 is 1. The van der Waals surface area contributed by atoms with Crippen LogP contribution in [0.15, 0.2) is 6.20 Å². The monoisotopic (exact) mass is 278 g/mol. The average molecular weight is 278 g/mol. The minimum atomic E-state index is -0.112. The van der Waals surface area contributed by atoms with Gasteiger partial charge in [-0.05, 0) is 24.7 Å². The lowest BCUT2D eigenvalue weighted by Gasteiger charge is -2.32. The number of aromatic nitrogens is 3. The van der Waals surface area contributed by atoms with E-state index in [1.165, 1.54) is 11.8 Å². The second-order valence-electron chi connectivity index (χ2n) is 5.71. The number of ether oxygens (including phenoxy) is 1. The number of hydrogen-bond donors (Lipinski definition) is 0. The van der Waals surface area contributed by atoms with Gasteiger partial charge in [0, 0.05) is 20.1 Å². The van der Waals surface area contributed by atoms with Crippen molar-refractivity contribution in [1.82, 2.24) is 19.9 Å². The molecule has 7 nitrogen and oxygen atoms in total. The first-order chi connectivity index (χ1) is 9.55. The summed E-state index contributed by atoms with van der Waals surface area (Å²) in [6, 6.07) is 0. The molecule has 7 heteroatoms. The summed E-state index contributed by atoms with van der Waals surface area (Å²) in [6.07, 6.45) is 4.24. The summed E-state index contributed by atoms with van der Waals surface area (Å²) in [5.74, 6) is -0.164. The molecule has 1 atom stereocenters. The number of carbonyl (C=O) groups is 2. The van der Waals surface area contributed by atoms with Crippen molar-refractivity contribution >= 4 is 11.9 Å². The molecule has 2 fully saturated rings. The summed E-state index contributed by atoms with van der Waals surface area (Å²) in [4.78, 5) is 25.6. The highest BCUT2D eigenvalue weighted by molar-refractivity contribution is 5.92. The van der Waals surface area contributed by atoms with Crippen molar-refractivity contribution in [2.45, 2.75) is 19.3 Å². The van der Waals surface area contributed by atoms with E-state index in [0.717, 1.165) is 19.3 Å². The van der Waals surface area contributed by atoms with Gasteiger partial charge < -0.3 is 9.64 Å². The van der Waals surface area contributed by atoms with Crippen LogP contribution in [0.25, 0.3) is 0 Å². The minimum absolute atomic E-state index is 0.0290. The first kappa shape index (κ1) is 13.1. The van der Waals surface area contributed by atoms with Gasteiger partial charge in [0.25, 0.3) is 5.91 Å². The van der Waals surface area contributed by atoms with Crippen molar-refractivity contribution in [1.29, 1.82) is 0 Å². The van der Waals surface area contributed by atoms with Gasteiger partial charge in [0.2, 0.25) is 0 Å². The van der Waals surface area contributed by atoms with Gasteiger partial charge in [-0.25, -0.2) is 0 Å². The molecule has 1 aromatic rings. The highest BCUT2D eigenvalue weighted by Gasteiger charge is 2.59. The number of amides is 1. The smallest absolute Gasteiger partial charge is 0.309 e. The normalized spacial score (nSPS) is 23.7. The summed E-state index contributed by atoms with van der Waals surface area (Å²) in [7, 11) is 3.17. The summed E-state index contributed by atoms with van der Waals surface area (Å²) in [6.45, 7) is 1.34. The lowest BCUT2D eigenvalue weighted by Crippen LogP contribution is -2.40. The van der Waals surface area contributed by atoms with Gasteiger partial charge in [0.15, 0.2) is 5.69 Å². The summed E-state index contributed by atoms with van der Waals surface area (Å²) in [5.41, 5.74) is 0.454. The molecule has 20 heavy (non-hydrogen) atoms. The Balaban J connectivity index is 1.60. The molecule has 1 saturated carbocycles. The minimum Gasteiger partial charge on any atom is -0.469 e. The van der Waals surface area contributed by atoms with E-state index in [2.05, 4.69) is 10.3 Å². The number of aryl methyl sites for hydroxylation is 1. The zero-order valence-electron chi connectivity index (χ0n) is 11.7. The number of likely N-dealkylation sites (tertiary alicyclic amines) is 1. The summed E-state index contributed by atoms with van der Waals surface area (Å²) < 4.78 is 6.33. The molecule has 0 N–H and O–H groups in total. The van der Waals surface area contributed by atoms with Crippen LogP contribution in [-0.2, 0) is 16.6 Å². The molecule has 0 unspecified atom stereocenters. The molecule has 3 rings (SSSR count). The van der Waals surface area contributed by atoms with Gasteiger partial charge in [0.1, 0.15) is 0 Å². The second kappa shape index (κ2) is 4.57. The largest absolute Gasteiger partial charge is 0.469 e. The first-order valence-electron chi connectivity index (χ1n) is 6.79. The predicted octanol–water partition coefficient (Wildman–Crippen LogP) is 0.230. The molecule has 0 radical (unpaired) electrons. The van der Waals surface area contributed by atoms with Crippen molar-refractivity contribution in [3.8, 4) is 0 Å². The van der Waals surface area contributed by atoms with Crippen LogP contribution >= 0.6 is 0 Å². The van der Waals surface area contributed by atoms with Crippen LogP contribution in [0.1, 0.15) is 29.8 Å². The Morgan fingerprint density at radius 1 is 1.40 bits per heavy atom. The average Bonchev–Trinajstić information content (AvgIpc) is 2.97. The Morgan fingerprint density at radius 3 is 2.65 bits per heavy atom. The van der Waals surface area contributed by atoms with Crippen LogP contribution in [0.4, 0.5) is 0 Å². The van der Waals surface area contributed by atoms with Gasteiger partial charge in [-0.15, -0.1) is 5.10 Å². The molecule has 1 spiro atoms. The molecular formula is C13H18N4O3. The lowest BCUT2D eigenvalue weighted by atomic mass is 9.90. The Bertz CT molecular complexity index is 546. The Labute approximate surface area is 116 Å². The van der Waals surface area contributed by atoms with Gasteiger partial charge in [-0.3, -0.25) is 14.3 Å². The predicted molar refractivity (Wildman–Crippen MR) is 68.7 cm³/mol. The van der Waals surface area contributed by atoms with E-state index in [4.69, 9.17) is 4.74 Å². The molecule has 2 aliphatic rings. The fourth-order valence-electron chi connectivity index (χ4n) is 3.14. The van der Waals surface area contributed by atoms with Crippen LogP contribution in [0, 0.1) is 11.3 Å². The third kappa shape index (κ3) is 2.07. The van der Waals surface area contributed by atoms with Gasteiger partial charge in [-0.1, -0.05) is 5.21 Å². The molecule has 1 amide bonds. The van der Waals surface area contributed by atoms with Crippen LogP contribution in [0.3, 0.4) is 0 Å². The third-order valence-corrected chi connectivity index (χ3v) is 4.54. The number of hydrogen-bond acceptors (Lipinski definition) is 5. The quantitative estimate of drug-likeness (QED) is 0.724. The number of carbonyl (C=O) groups excluding carboxylic acids is 2. The van der Waals surface area contributed by atoms with E-state index in [1.54, 1.807) is 18.1 Å². The fourth-order valence-corrected chi connectivity index (χ4v) is 3.14. The Kier molecular flexibility index (Phi) is 2.99. The van der Waals surface area contributed by atoms with Crippen LogP contribution in [-0.4, -0.2) is 52.0 Å². The van der Waals surface area contributed by atoms with Crippen LogP contribution in [0.5, 0.6) is 0 Å². The number of piperidine rings is 1. The SMILES string of the molecule is COC(=O)[C@H]1CC12CCN(C(=O)c1cn(C)nn1)CC2. The first-order valence-corrected chi connectivity index (χ1v) is 6.79. The van der Waals surface area contributed by atoms with E-state index in [9.17, 15) is 9.59 Å². The van der Waals surface area contributed by atoms with Crippen molar-refractivity contribution in [2.75, 3.05) is 20.2 Å². The second-order valence-corrected chi connectivity index (χ2v) is 5.71. The number of nitrogens with zero attached hydrogens (tertiary/aromatic N) is 4. The maximum Gasteiger partial charge on any atom is 0.309 e. The highest BCUT2D eigenvalue weighted by Crippen LogP contribution is 2.59. The fraction of sp³-hybridized carbons (Fsp3) is 0.692. The Hall–Kier alpha value is -1.92. The molecule has 1 aliphatic carbocycles. The van der Waals surface area contributed by atoms with Crippen LogP contribution in [0.2, 0.25) is 0 Å². The highest BCUT2D eigenvalue weighted by atomic mass is 16.5. The number of rotatable bonds is 2. The van der Waals surface area contributed by atoms with Crippen LogP contribution < -0.4 is 0 Å². The zero-order valence-corrected chi connectivity index (χ0v) is 11.7. The summed E-state index contributed by atoms with van der Waals surface area (Å²) in [5, 5.41) is 7.62. The van der Waals surface area contributed by atoms with Gasteiger partial charge in [0.05, 0.1) is 19.2 Å². The van der Waals surface area contributed by atoms with E-state index >= 15 is 0 Å². The molecule has 1 aliphatic heterocycles. The van der Waals surface area contributed by atoms with Crippen molar-refractivity contribution in [2.24, 2.45) is 18.4 Å². The zero-order chi connectivity index (χ0) is 14.3. The van der Waals surface area contributed by atoms with Crippen molar-refractivity contribution in [3.63, 3.8) is 0 Å². The molecule has 2 heterocycles. The molecule has 1 aromatic heterocycles. The topological polar surface area (TPSA) is 77.3 Å². The Morgan fingerprint density at radius 2 is 2.10 bits per heavy atom. The third-order valence-electron chi connectivity index (χ3n) is 4.54. The maximum absolute atomic E-state index is 12.2. The maximum atomic E-state index is 12.2. The number of esters is 1. The van der Waals surface area contributed by atoms with Gasteiger partial charge >= 0.3 is 5.97 Å². The standard InChI is InChI=1S/C13H18N4O3/c1-16-8-10(14-15-16)11(18)17-5-3-13(4-6-17)7-9(13)12(19)20-2/h8-9H,3-7H2,1-2H3/t9-/m1/s1. The molecule has 108 valence electrons. The molecule has 0 aromatic carbocycles. The summed E-state index contributed by atoms with van der Waals surface area (Å²) >= 11 is 0. The molecule has 0 bridgehead atoms. The van der Waals surface area contributed by atoms with E-state index in [-0.39, 0.29) is 23.2 Å². The van der Waals surface area contributed by atoms with Gasteiger partial charge in [-0.2, -0.15) is 0 Å². The molecule has 1 saturated heterocycles.